The van der Waals surface area contributed by atoms with E-state index in [0.29, 0.717) is 12.2 Å². The van der Waals surface area contributed by atoms with Crippen LogP contribution in [0.4, 0.5) is 0 Å². The normalized spacial score (nSPS) is 13.6. The Balaban J connectivity index is 2.47. The zero-order chi connectivity index (χ0) is 9.26. The van der Waals surface area contributed by atoms with E-state index >= 15 is 0 Å². The van der Waals surface area contributed by atoms with Crippen molar-refractivity contribution in [3.8, 4) is 5.75 Å². The van der Waals surface area contributed by atoms with Crippen LogP contribution in [0.5, 0.6) is 5.75 Å². The Kier molecular flexibility index (Phi) is 2.23. The van der Waals surface area contributed by atoms with Gasteiger partial charge in [-0.25, -0.2) is 0 Å². The van der Waals surface area contributed by atoms with Crippen molar-refractivity contribution in [1.29, 1.82) is 0 Å². The molecule has 0 saturated heterocycles. The molecule has 0 aliphatic carbocycles. The van der Waals surface area contributed by atoms with Crippen molar-refractivity contribution in [1.82, 2.24) is 0 Å². The highest BCUT2D eigenvalue weighted by Crippen LogP contribution is 2.28. The highest BCUT2D eigenvalue weighted by molar-refractivity contribution is 6.30. The van der Waals surface area contributed by atoms with Gasteiger partial charge in [-0.2, -0.15) is 0 Å². The van der Waals surface area contributed by atoms with Gasteiger partial charge in [-0.3, -0.25) is 4.79 Å². The van der Waals surface area contributed by atoms with Gasteiger partial charge in [0.1, 0.15) is 5.75 Å². The molecule has 0 unspecified atom stereocenters. The number of ketones is 1. The van der Waals surface area contributed by atoms with E-state index in [9.17, 15) is 4.79 Å². The number of ether oxygens (including phenoxy) is 1. The van der Waals surface area contributed by atoms with E-state index < -0.39 is 0 Å². The maximum absolute atomic E-state index is 11.4. The SMILES string of the molecule is O=C(CCl)c1cccc2c1CCO2. The van der Waals surface area contributed by atoms with Crippen molar-refractivity contribution in [2.45, 2.75) is 6.42 Å². The summed E-state index contributed by atoms with van der Waals surface area (Å²) < 4.78 is 5.34. The van der Waals surface area contributed by atoms with Crippen LogP contribution < -0.4 is 4.74 Å². The van der Waals surface area contributed by atoms with Gasteiger partial charge >= 0.3 is 0 Å². The largest absolute Gasteiger partial charge is 0.493 e. The van der Waals surface area contributed by atoms with Crippen LogP contribution in [0.3, 0.4) is 0 Å². The first-order valence-electron chi connectivity index (χ1n) is 4.17. The Morgan fingerprint density at radius 2 is 2.38 bits per heavy atom. The van der Waals surface area contributed by atoms with Gasteiger partial charge in [-0.15, -0.1) is 11.6 Å². The van der Waals surface area contributed by atoms with Crippen molar-refractivity contribution >= 4 is 17.4 Å². The number of hydrogen-bond acceptors (Lipinski definition) is 2. The zero-order valence-electron chi connectivity index (χ0n) is 7.05. The molecular weight excluding hydrogens is 188 g/mol. The van der Waals surface area contributed by atoms with Crippen LogP contribution in [-0.2, 0) is 6.42 Å². The summed E-state index contributed by atoms with van der Waals surface area (Å²) >= 11 is 5.50. The molecule has 1 aliphatic heterocycles. The minimum absolute atomic E-state index is 0.0241. The number of hydrogen-bond donors (Lipinski definition) is 0. The number of carbonyl (C=O) groups is 1. The van der Waals surface area contributed by atoms with E-state index in [-0.39, 0.29) is 11.7 Å². The molecule has 0 amide bonds. The summed E-state index contributed by atoms with van der Waals surface area (Å²) in [5, 5.41) is 0. The quantitative estimate of drug-likeness (QED) is 0.535. The molecule has 2 nitrogen and oxygen atoms in total. The third-order valence-electron chi connectivity index (χ3n) is 2.16. The lowest BCUT2D eigenvalue weighted by Crippen LogP contribution is -2.03. The number of halogens is 1. The van der Waals surface area contributed by atoms with Gasteiger partial charge in [-0.05, 0) is 6.07 Å². The first-order valence-corrected chi connectivity index (χ1v) is 4.70. The summed E-state index contributed by atoms with van der Waals surface area (Å²) in [4.78, 5) is 11.4. The average molecular weight is 197 g/mol. The van der Waals surface area contributed by atoms with Gasteiger partial charge < -0.3 is 4.74 Å². The topological polar surface area (TPSA) is 26.3 Å². The summed E-state index contributed by atoms with van der Waals surface area (Å²) in [5.41, 5.74) is 1.72. The van der Waals surface area contributed by atoms with Gasteiger partial charge in [0.15, 0.2) is 5.78 Å². The number of rotatable bonds is 2. The summed E-state index contributed by atoms with van der Waals surface area (Å²) in [6.45, 7) is 0.669. The van der Waals surface area contributed by atoms with E-state index in [0.717, 1.165) is 17.7 Å². The molecule has 0 fully saturated rings. The fourth-order valence-electron chi connectivity index (χ4n) is 1.56. The maximum atomic E-state index is 11.4. The third-order valence-corrected chi connectivity index (χ3v) is 2.41. The first kappa shape index (κ1) is 8.57. The predicted molar refractivity (Wildman–Crippen MR) is 50.7 cm³/mol. The molecule has 1 aliphatic rings. The molecule has 0 aromatic heterocycles. The monoisotopic (exact) mass is 196 g/mol. The lowest BCUT2D eigenvalue weighted by molar-refractivity contribution is 0.102. The number of alkyl halides is 1. The smallest absolute Gasteiger partial charge is 0.177 e. The van der Waals surface area contributed by atoms with Crippen molar-refractivity contribution in [3.05, 3.63) is 29.3 Å². The van der Waals surface area contributed by atoms with Gasteiger partial charge in [0, 0.05) is 17.5 Å². The lowest BCUT2D eigenvalue weighted by atomic mass is 10.0. The number of Topliss-reactive ketones (excluding diaryl/α,β-unsaturated/α-hetero) is 1. The van der Waals surface area contributed by atoms with Crippen molar-refractivity contribution in [2.24, 2.45) is 0 Å². The second-order valence-corrected chi connectivity index (χ2v) is 3.20. The van der Waals surface area contributed by atoms with E-state index in [2.05, 4.69) is 0 Å². The second-order valence-electron chi connectivity index (χ2n) is 2.94. The number of carbonyl (C=O) groups excluding carboxylic acids is 1. The summed E-state index contributed by atoms with van der Waals surface area (Å²) in [7, 11) is 0. The molecule has 13 heavy (non-hydrogen) atoms. The van der Waals surface area contributed by atoms with E-state index in [1.807, 2.05) is 12.1 Å². The molecule has 1 aromatic rings. The highest BCUT2D eigenvalue weighted by atomic mass is 35.5. The van der Waals surface area contributed by atoms with Crippen LogP contribution in [0, 0.1) is 0 Å². The Morgan fingerprint density at radius 3 is 3.15 bits per heavy atom. The van der Waals surface area contributed by atoms with Gasteiger partial charge in [0.2, 0.25) is 0 Å². The van der Waals surface area contributed by atoms with E-state index in [1.54, 1.807) is 6.07 Å². The Hall–Kier alpha value is -1.02. The molecule has 1 aromatic carbocycles. The molecule has 0 bridgehead atoms. The Bertz CT molecular complexity index is 347. The standard InChI is InChI=1S/C10H9ClO2/c11-6-9(12)7-2-1-3-10-8(7)4-5-13-10/h1-3H,4-6H2. The summed E-state index contributed by atoms with van der Waals surface area (Å²) in [6.07, 6.45) is 0.814. The van der Waals surface area contributed by atoms with Crippen molar-refractivity contribution < 1.29 is 9.53 Å². The Morgan fingerprint density at radius 1 is 1.54 bits per heavy atom. The van der Waals surface area contributed by atoms with Crippen molar-refractivity contribution in [3.63, 3.8) is 0 Å². The highest BCUT2D eigenvalue weighted by Gasteiger charge is 2.18. The van der Waals surface area contributed by atoms with Gasteiger partial charge in [-0.1, -0.05) is 12.1 Å². The van der Waals surface area contributed by atoms with Crippen LogP contribution in [0.1, 0.15) is 15.9 Å². The molecular formula is C10H9ClO2. The molecule has 0 radical (unpaired) electrons. The van der Waals surface area contributed by atoms with Gasteiger partial charge in [0.25, 0.3) is 0 Å². The molecule has 0 atom stereocenters. The van der Waals surface area contributed by atoms with E-state index in [4.69, 9.17) is 16.3 Å². The average Bonchev–Trinajstić information content (AvgIpc) is 2.63. The molecule has 3 heteroatoms. The van der Waals surface area contributed by atoms with Crippen LogP contribution in [0.2, 0.25) is 0 Å². The third kappa shape index (κ3) is 1.42. The minimum atomic E-state index is -0.0241. The molecule has 68 valence electrons. The van der Waals surface area contributed by atoms with Crippen molar-refractivity contribution in [2.75, 3.05) is 12.5 Å². The van der Waals surface area contributed by atoms with Crippen LogP contribution in [0.25, 0.3) is 0 Å². The first-order chi connectivity index (χ1) is 6.33. The minimum Gasteiger partial charge on any atom is -0.493 e. The summed E-state index contributed by atoms with van der Waals surface area (Å²) in [5.74, 6) is 0.844. The fourth-order valence-corrected chi connectivity index (χ4v) is 1.70. The van der Waals surface area contributed by atoms with Crippen LogP contribution >= 0.6 is 11.6 Å². The molecule has 0 N–H and O–H groups in total. The maximum Gasteiger partial charge on any atom is 0.177 e. The van der Waals surface area contributed by atoms with E-state index in [1.165, 1.54) is 0 Å². The molecule has 0 saturated carbocycles. The van der Waals surface area contributed by atoms with Gasteiger partial charge in [0.05, 0.1) is 12.5 Å². The fraction of sp³-hybridized carbons (Fsp3) is 0.300. The number of fused-ring (bicyclic) bond motifs is 1. The lowest BCUT2D eigenvalue weighted by Gasteiger charge is -2.03. The number of benzene rings is 1. The molecule has 1 heterocycles. The predicted octanol–water partition coefficient (Wildman–Crippen LogP) is 2.04. The van der Waals surface area contributed by atoms with Crippen LogP contribution in [-0.4, -0.2) is 18.3 Å². The molecule has 0 spiro atoms. The zero-order valence-corrected chi connectivity index (χ0v) is 7.80. The second kappa shape index (κ2) is 3.38. The molecule has 2 rings (SSSR count). The Labute approximate surface area is 81.5 Å². The summed E-state index contributed by atoms with van der Waals surface area (Å²) in [6, 6.07) is 5.51. The van der Waals surface area contributed by atoms with Crippen LogP contribution in [0.15, 0.2) is 18.2 Å².